The van der Waals surface area contributed by atoms with Crippen molar-refractivity contribution in [2.45, 2.75) is 37.8 Å². The van der Waals surface area contributed by atoms with Gasteiger partial charge >= 0.3 is 11.9 Å². The van der Waals surface area contributed by atoms with Crippen LogP contribution in [0.25, 0.3) is 0 Å². The number of nitrogens with zero attached hydrogens (tertiary/aromatic N) is 1. The first-order valence-corrected chi connectivity index (χ1v) is 18.7. The molecule has 2 heterocycles. The standard InChI is InChI=1S/C41H35ClN2O12S/c1-41(2,3)56-40(53)32-21(20-57-38-31(37(51)44(32)38)43-30(46)19-54-23-10-5-4-6-11-23)18-55-39(52)26-14-9-13-25(34(26)48)35(49)28-17-22(42)16-27(36(28)50)33(47)24-12-7-8-15-29(24)45/h4-17,31,38,45,48,50H,18-20H2,1-3H3,(H,43,46). The number of amides is 2. The van der Waals surface area contributed by atoms with E-state index in [-0.39, 0.29) is 40.0 Å². The Balaban J connectivity index is 1.20. The Morgan fingerprint density at radius 3 is 2.07 bits per heavy atom. The van der Waals surface area contributed by atoms with Gasteiger partial charge in [0.15, 0.2) is 6.61 Å². The van der Waals surface area contributed by atoms with E-state index >= 15 is 0 Å². The Morgan fingerprint density at radius 2 is 1.40 bits per heavy atom. The predicted molar refractivity (Wildman–Crippen MR) is 206 cm³/mol. The number of rotatable bonds is 12. The first-order valence-electron chi connectivity index (χ1n) is 17.3. The molecule has 1 saturated heterocycles. The quantitative estimate of drug-likeness (QED) is 0.0831. The number of ketones is 2. The highest BCUT2D eigenvalue weighted by molar-refractivity contribution is 8.00. The van der Waals surface area contributed by atoms with Gasteiger partial charge in [-0.2, -0.15) is 0 Å². The lowest BCUT2D eigenvalue weighted by molar-refractivity contribution is -0.159. The lowest BCUT2D eigenvalue weighted by Gasteiger charge is -2.49. The second-order valence-electron chi connectivity index (χ2n) is 13.8. The van der Waals surface area contributed by atoms with E-state index in [0.717, 1.165) is 12.1 Å². The van der Waals surface area contributed by atoms with Crippen LogP contribution in [0.4, 0.5) is 0 Å². The summed E-state index contributed by atoms with van der Waals surface area (Å²) >= 11 is 7.44. The molecule has 1 fully saturated rings. The third-order valence-electron chi connectivity index (χ3n) is 8.66. The molecule has 4 N–H and O–H groups in total. The van der Waals surface area contributed by atoms with Crippen LogP contribution in [0.2, 0.25) is 5.02 Å². The van der Waals surface area contributed by atoms with E-state index in [1.807, 2.05) is 0 Å². The average Bonchev–Trinajstić information content (AvgIpc) is 3.18. The van der Waals surface area contributed by atoms with Crippen LogP contribution in [0.3, 0.4) is 0 Å². The van der Waals surface area contributed by atoms with E-state index in [4.69, 9.17) is 25.8 Å². The second kappa shape index (κ2) is 16.4. The summed E-state index contributed by atoms with van der Waals surface area (Å²) in [5.41, 5.74) is -2.83. The zero-order valence-electron chi connectivity index (χ0n) is 30.6. The average molecular weight is 815 g/mol. The minimum atomic E-state index is -1.10. The number of ether oxygens (including phenoxy) is 3. The molecule has 4 aromatic rings. The molecule has 0 spiro atoms. The topological polar surface area (TPSA) is 206 Å². The van der Waals surface area contributed by atoms with Crippen LogP contribution in [-0.4, -0.2) is 91.5 Å². The van der Waals surface area contributed by atoms with Crippen molar-refractivity contribution >= 4 is 58.7 Å². The highest BCUT2D eigenvalue weighted by Crippen LogP contribution is 2.41. The van der Waals surface area contributed by atoms with Gasteiger partial charge in [0.2, 0.25) is 11.6 Å². The fraction of sp³-hybridized carbons (Fsp3) is 0.220. The molecular formula is C41H35ClN2O12S. The molecule has 2 aliphatic heterocycles. The fourth-order valence-electron chi connectivity index (χ4n) is 6.01. The Labute approximate surface area is 335 Å². The molecular weight excluding hydrogens is 780 g/mol. The summed E-state index contributed by atoms with van der Waals surface area (Å²) in [4.78, 5) is 81.1. The van der Waals surface area contributed by atoms with Crippen molar-refractivity contribution in [2.75, 3.05) is 19.0 Å². The van der Waals surface area contributed by atoms with Crippen LogP contribution in [0.5, 0.6) is 23.0 Å². The number of phenols is 3. The lowest BCUT2D eigenvalue weighted by Crippen LogP contribution is -2.71. The number of benzene rings is 4. The molecule has 0 aliphatic carbocycles. The second-order valence-corrected chi connectivity index (χ2v) is 15.4. The van der Waals surface area contributed by atoms with E-state index < -0.39 is 92.7 Å². The number of nitrogens with one attached hydrogen (secondary N) is 1. The van der Waals surface area contributed by atoms with E-state index in [0.29, 0.717) is 5.75 Å². The number of thioether (sulfide) groups is 1. The number of β-lactam (4-membered cyclic amide) rings is 1. The van der Waals surface area contributed by atoms with Crippen molar-refractivity contribution in [3.05, 3.63) is 129 Å². The smallest absolute Gasteiger partial charge is 0.355 e. The van der Waals surface area contributed by atoms with Crippen molar-refractivity contribution < 1.29 is 58.3 Å². The van der Waals surface area contributed by atoms with E-state index in [1.54, 1.807) is 51.1 Å². The number of halogens is 1. The number of hydrogen-bond acceptors (Lipinski definition) is 13. The molecule has 0 bridgehead atoms. The van der Waals surface area contributed by atoms with E-state index in [1.165, 1.54) is 59.1 Å². The molecule has 0 aromatic heterocycles. The van der Waals surface area contributed by atoms with Gasteiger partial charge in [-0.05, 0) is 69.3 Å². The Morgan fingerprint density at radius 1 is 0.807 bits per heavy atom. The number of aromatic hydroxyl groups is 3. The maximum absolute atomic E-state index is 13.7. The summed E-state index contributed by atoms with van der Waals surface area (Å²) < 4.78 is 16.6. The summed E-state index contributed by atoms with van der Waals surface area (Å²) in [5.74, 6) is -6.33. The summed E-state index contributed by atoms with van der Waals surface area (Å²) in [6, 6.07) is 19.1. The Bertz CT molecular complexity index is 2340. The van der Waals surface area contributed by atoms with Gasteiger partial charge in [0.25, 0.3) is 11.8 Å². The molecule has 2 atom stereocenters. The monoisotopic (exact) mass is 814 g/mol. The normalized spacial score (nSPS) is 16.2. The van der Waals surface area contributed by atoms with Crippen LogP contribution >= 0.6 is 23.4 Å². The third-order valence-corrected chi connectivity index (χ3v) is 10.2. The molecule has 2 aliphatic rings. The van der Waals surface area contributed by atoms with Crippen LogP contribution in [0.1, 0.15) is 63.0 Å². The van der Waals surface area contributed by atoms with E-state index in [9.17, 15) is 44.1 Å². The number of carbonyl (C=O) groups is 6. The van der Waals surface area contributed by atoms with Crippen LogP contribution in [0, 0.1) is 0 Å². The largest absolute Gasteiger partial charge is 0.507 e. The minimum Gasteiger partial charge on any atom is -0.507 e. The SMILES string of the molecule is CC(C)(C)OC(=O)C1=C(COC(=O)c2cccc(C(=O)c3cc(Cl)cc(C(=O)c4ccccc4O)c3O)c2O)CSC2C(NC(=O)COc3ccccc3)C(=O)N12. The van der Waals surface area contributed by atoms with E-state index in [2.05, 4.69) is 5.32 Å². The highest BCUT2D eigenvalue weighted by Gasteiger charge is 2.55. The first kappa shape index (κ1) is 40.3. The molecule has 2 unspecified atom stereocenters. The van der Waals surface area contributed by atoms with Crippen LogP contribution < -0.4 is 10.1 Å². The number of phenolic OH excluding ortho intramolecular Hbond substituents is 3. The first-order chi connectivity index (χ1) is 27.1. The zero-order chi connectivity index (χ0) is 41.2. The van der Waals surface area contributed by atoms with Crippen LogP contribution in [-0.2, 0) is 23.9 Å². The van der Waals surface area contributed by atoms with Gasteiger partial charge in [0.1, 0.15) is 57.9 Å². The summed E-state index contributed by atoms with van der Waals surface area (Å²) in [6.07, 6.45) is 0. The van der Waals surface area contributed by atoms with Gasteiger partial charge in [-0.1, -0.05) is 48.0 Å². The van der Waals surface area contributed by atoms with Gasteiger partial charge < -0.3 is 34.8 Å². The van der Waals surface area contributed by atoms with Crippen molar-refractivity contribution in [1.29, 1.82) is 0 Å². The van der Waals surface area contributed by atoms with Gasteiger partial charge in [-0.3, -0.25) is 24.1 Å². The van der Waals surface area contributed by atoms with Crippen molar-refractivity contribution in [2.24, 2.45) is 0 Å². The summed E-state index contributed by atoms with van der Waals surface area (Å²) in [7, 11) is 0. The maximum Gasteiger partial charge on any atom is 0.355 e. The number of esters is 2. The number of fused-ring (bicyclic) bond motifs is 1. The highest BCUT2D eigenvalue weighted by atomic mass is 35.5. The molecule has 0 saturated carbocycles. The lowest BCUT2D eigenvalue weighted by atomic mass is 9.94. The van der Waals surface area contributed by atoms with Crippen molar-refractivity contribution in [3.63, 3.8) is 0 Å². The molecule has 4 aromatic carbocycles. The van der Waals surface area contributed by atoms with Crippen molar-refractivity contribution in [1.82, 2.24) is 10.2 Å². The van der Waals surface area contributed by atoms with Crippen molar-refractivity contribution in [3.8, 4) is 23.0 Å². The molecule has 57 heavy (non-hydrogen) atoms. The van der Waals surface area contributed by atoms with Gasteiger partial charge in [0.05, 0.1) is 22.3 Å². The number of hydrogen-bond donors (Lipinski definition) is 4. The van der Waals surface area contributed by atoms with Crippen LogP contribution in [0.15, 0.2) is 96.2 Å². The predicted octanol–water partition coefficient (Wildman–Crippen LogP) is 5.15. The van der Waals surface area contributed by atoms with Gasteiger partial charge in [-0.25, -0.2) is 9.59 Å². The molecule has 14 nitrogen and oxygen atoms in total. The Kier molecular flexibility index (Phi) is 11.6. The van der Waals surface area contributed by atoms with Gasteiger partial charge in [0, 0.05) is 16.3 Å². The third kappa shape index (κ3) is 8.59. The van der Waals surface area contributed by atoms with Gasteiger partial charge in [-0.15, -0.1) is 11.8 Å². The number of carbonyl (C=O) groups excluding carboxylic acids is 6. The maximum atomic E-state index is 13.7. The minimum absolute atomic E-state index is 0.0869. The Hall–Kier alpha value is -6.32. The summed E-state index contributed by atoms with van der Waals surface area (Å²) in [6.45, 7) is 4.05. The molecule has 294 valence electrons. The molecule has 2 amide bonds. The number of para-hydroxylation sites is 3. The summed E-state index contributed by atoms with van der Waals surface area (Å²) in [5, 5.41) is 34.2. The fourth-order valence-corrected chi connectivity index (χ4v) is 7.56. The molecule has 16 heteroatoms. The molecule has 0 radical (unpaired) electrons. The molecule has 6 rings (SSSR count). The zero-order valence-corrected chi connectivity index (χ0v) is 32.2.